The summed E-state index contributed by atoms with van der Waals surface area (Å²) in [5.41, 5.74) is 3.24. The van der Waals surface area contributed by atoms with Crippen LogP contribution in [0.1, 0.15) is 11.1 Å². The third-order valence-corrected chi connectivity index (χ3v) is 4.44. The minimum absolute atomic E-state index is 0.296. The highest BCUT2D eigenvalue weighted by Gasteiger charge is 2.40. The topological polar surface area (TPSA) is 76.7 Å². The predicted molar refractivity (Wildman–Crippen MR) is 96.1 cm³/mol. The van der Waals surface area contributed by atoms with E-state index in [4.69, 9.17) is 9.47 Å². The standard InChI is InChI=1S/C20H16N2O4/c1-25-13-7-3-11(4-8-13)17-15-16(20(24)21-17)18(22-19(15)23)12-5-9-14(26-2)10-6-12/h3-10H,1-2H3,(H,21,24)(H,22,23). The Hall–Kier alpha value is -3.54. The first-order chi connectivity index (χ1) is 12.6. The van der Waals surface area contributed by atoms with Gasteiger partial charge in [-0.25, -0.2) is 0 Å². The number of methoxy groups -OCH3 is 2. The van der Waals surface area contributed by atoms with E-state index in [1.54, 1.807) is 38.5 Å². The van der Waals surface area contributed by atoms with E-state index in [1.807, 2.05) is 24.3 Å². The van der Waals surface area contributed by atoms with Gasteiger partial charge in [-0.1, -0.05) is 0 Å². The van der Waals surface area contributed by atoms with Crippen LogP contribution in [0.5, 0.6) is 11.5 Å². The smallest absolute Gasteiger partial charge is 0.258 e. The summed E-state index contributed by atoms with van der Waals surface area (Å²) in [5, 5.41) is 5.64. The molecule has 2 aliphatic heterocycles. The molecule has 6 heteroatoms. The number of hydrogen-bond donors (Lipinski definition) is 2. The van der Waals surface area contributed by atoms with Crippen molar-refractivity contribution in [1.29, 1.82) is 0 Å². The lowest BCUT2D eigenvalue weighted by molar-refractivity contribution is -0.117. The summed E-state index contributed by atoms with van der Waals surface area (Å²) in [6.07, 6.45) is 0. The molecule has 6 nitrogen and oxygen atoms in total. The van der Waals surface area contributed by atoms with Crippen LogP contribution in [0.3, 0.4) is 0 Å². The van der Waals surface area contributed by atoms with Crippen LogP contribution in [0.25, 0.3) is 11.4 Å². The molecule has 130 valence electrons. The van der Waals surface area contributed by atoms with Crippen molar-refractivity contribution in [1.82, 2.24) is 10.6 Å². The molecule has 26 heavy (non-hydrogen) atoms. The molecule has 2 N–H and O–H groups in total. The van der Waals surface area contributed by atoms with E-state index in [0.717, 1.165) is 11.1 Å². The Bertz CT molecular complexity index is 888. The largest absolute Gasteiger partial charge is 0.497 e. The zero-order chi connectivity index (χ0) is 18.3. The molecule has 2 amide bonds. The van der Waals surface area contributed by atoms with Gasteiger partial charge < -0.3 is 20.1 Å². The van der Waals surface area contributed by atoms with Gasteiger partial charge in [0.05, 0.1) is 36.8 Å². The monoisotopic (exact) mass is 348 g/mol. The van der Waals surface area contributed by atoms with Crippen LogP contribution in [0, 0.1) is 0 Å². The van der Waals surface area contributed by atoms with Crippen LogP contribution in [0.2, 0.25) is 0 Å². The zero-order valence-electron chi connectivity index (χ0n) is 14.3. The first-order valence-corrected chi connectivity index (χ1v) is 8.03. The van der Waals surface area contributed by atoms with Crippen molar-refractivity contribution in [2.45, 2.75) is 0 Å². The van der Waals surface area contributed by atoms with E-state index in [0.29, 0.717) is 34.0 Å². The Morgan fingerprint density at radius 3 is 1.27 bits per heavy atom. The average molecular weight is 348 g/mol. The number of amides is 2. The van der Waals surface area contributed by atoms with Crippen LogP contribution in [0.4, 0.5) is 0 Å². The molecule has 0 saturated heterocycles. The lowest BCUT2D eigenvalue weighted by atomic mass is 10.0. The highest BCUT2D eigenvalue weighted by atomic mass is 16.5. The van der Waals surface area contributed by atoms with Crippen molar-refractivity contribution >= 4 is 23.2 Å². The molecule has 0 atom stereocenters. The Labute approximate surface area is 150 Å². The number of benzene rings is 2. The molecule has 2 aliphatic rings. The molecular formula is C20H16N2O4. The van der Waals surface area contributed by atoms with Gasteiger partial charge in [0, 0.05) is 0 Å². The third-order valence-electron chi connectivity index (χ3n) is 4.44. The minimum Gasteiger partial charge on any atom is -0.497 e. The van der Waals surface area contributed by atoms with Gasteiger partial charge in [-0.15, -0.1) is 0 Å². The Balaban J connectivity index is 1.81. The number of nitrogens with one attached hydrogen (secondary N) is 2. The van der Waals surface area contributed by atoms with Crippen LogP contribution in [0.15, 0.2) is 59.7 Å². The summed E-state index contributed by atoms with van der Waals surface area (Å²) in [5.74, 6) is 0.813. The summed E-state index contributed by atoms with van der Waals surface area (Å²) >= 11 is 0. The molecule has 0 radical (unpaired) electrons. The molecular weight excluding hydrogens is 332 g/mol. The molecule has 0 bridgehead atoms. The SMILES string of the molecule is COc1ccc(C2=C3C(=O)NC(c4ccc(OC)cc4)=C3C(=O)N2)cc1. The summed E-state index contributed by atoms with van der Waals surface area (Å²) in [4.78, 5) is 25.1. The van der Waals surface area contributed by atoms with Crippen LogP contribution in [-0.2, 0) is 9.59 Å². The number of hydrogen-bond acceptors (Lipinski definition) is 4. The van der Waals surface area contributed by atoms with Gasteiger partial charge in [-0.3, -0.25) is 9.59 Å². The van der Waals surface area contributed by atoms with E-state index in [1.165, 1.54) is 0 Å². The zero-order valence-corrected chi connectivity index (χ0v) is 14.3. The molecule has 0 saturated carbocycles. The second-order valence-electron chi connectivity index (χ2n) is 5.87. The van der Waals surface area contributed by atoms with Gasteiger partial charge in [0.15, 0.2) is 0 Å². The number of carbonyl (C=O) groups excluding carboxylic acids is 2. The van der Waals surface area contributed by atoms with Crippen LogP contribution in [-0.4, -0.2) is 26.0 Å². The number of fused-ring (bicyclic) bond motifs is 1. The molecule has 0 spiro atoms. The highest BCUT2D eigenvalue weighted by molar-refractivity contribution is 6.30. The van der Waals surface area contributed by atoms with Gasteiger partial charge in [0.1, 0.15) is 11.5 Å². The van der Waals surface area contributed by atoms with Gasteiger partial charge in [0.2, 0.25) is 0 Å². The van der Waals surface area contributed by atoms with E-state index >= 15 is 0 Å². The molecule has 4 rings (SSSR count). The van der Waals surface area contributed by atoms with E-state index in [2.05, 4.69) is 10.6 Å². The first kappa shape index (κ1) is 16.0. The highest BCUT2D eigenvalue weighted by Crippen LogP contribution is 2.37. The summed E-state index contributed by atoms with van der Waals surface area (Å²) in [6.45, 7) is 0. The second kappa shape index (κ2) is 6.07. The van der Waals surface area contributed by atoms with Gasteiger partial charge in [-0.2, -0.15) is 0 Å². The van der Waals surface area contributed by atoms with Crippen molar-refractivity contribution < 1.29 is 19.1 Å². The quantitative estimate of drug-likeness (QED) is 0.887. The fourth-order valence-electron chi connectivity index (χ4n) is 3.13. The maximum Gasteiger partial charge on any atom is 0.258 e. The van der Waals surface area contributed by atoms with Crippen molar-refractivity contribution in [3.63, 3.8) is 0 Å². The number of carbonyl (C=O) groups is 2. The maximum atomic E-state index is 12.6. The fraction of sp³-hybridized carbons (Fsp3) is 0.100. The molecule has 0 aliphatic carbocycles. The van der Waals surface area contributed by atoms with Crippen molar-refractivity contribution in [2.75, 3.05) is 14.2 Å². The molecule has 0 unspecified atom stereocenters. The molecule has 2 aromatic carbocycles. The summed E-state index contributed by atoms with van der Waals surface area (Å²) in [6, 6.07) is 14.4. The van der Waals surface area contributed by atoms with Crippen LogP contribution >= 0.6 is 0 Å². The van der Waals surface area contributed by atoms with Crippen LogP contribution < -0.4 is 20.1 Å². The number of ether oxygens (including phenoxy) is 2. The van der Waals surface area contributed by atoms with Gasteiger partial charge in [-0.05, 0) is 59.7 Å². The lowest BCUT2D eigenvalue weighted by Crippen LogP contribution is -2.21. The summed E-state index contributed by atoms with van der Waals surface area (Å²) < 4.78 is 10.3. The predicted octanol–water partition coefficient (Wildman–Crippen LogP) is 2.09. The van der Waals surface area contributed by atoms with Crippen molar-refractivity contribution in [3.05, 3.63) is 70.8 Å². The van der Waals surface area contributed by atoms with Crippen molar-refractivity contribution in [2.24, 2.45) is 0 Å². The average Bonchev–Trinajstić information content (AvgIpc) is 3.21. The molecule has 2 aromatic rings. The summed E-state index contributed by atoms with van der Waals surface area (Å²) in [7, 11) is 3.17. The van der Waals surface area contributed by atoms with Gasteiger partial charge >= 0.3 is 0 Å². The van der Waals surface area contributed by atoms with Crippen molar-refractivity contribution in [3.8, 4) is 11.5 Å². The molecule has 0 fully saturated rings. The lowest BCUT2D eigenvalue weighted by Gasteiger charge is -2.08. The molecule has 0 aromatic heterocycles. The third kappa shape index (κ3) is 2.43. The van der Waals surface area contributed by atoms with E-state index in [-0.39, 0.29) is 11.8 Å². The van der Waals surface area contributed by atoms with Gasteiger partial charge in [0.25, 0.3) is 11.8 Å². The first-order valence-electron chi connectivity index (χ1n) is 8.03. The fourth-order valence-corrected chi connectivity index (χ4v) is 3.13. The molecule has 2 heterocycles. The normalized spacial score (nSPS) is 15.8. The Morgan fingerprint density at radius 1 is 0.615 bits per heavy atom. The minimum atomic E-state index is -0.296. The number of rotatable bonds is 4. The Kier molecular flexibility index (Phi) is 3.73. The van der Waals surface area contributed by atoms with E-state index in [9.17, 15) is 9.59 Å². The van der Waals surface area contributed by atoms with E-state index < -0.39 is 0 Å². The maximum absolute atomic E-state index is 12.6. The Morgan fingerprint density at radius 2 is 0.962 bits per heavy atom. The second-order valence-corrected chi connectivity index (χ2v) is 5.87.